The largest absolute Gasteiger partial charge is 0.398 e. The zero-order chi connectivity index (χ0) is 14.9. The highest BCUT2D eigenvalue weighted by Gasteiger charge is 2.34. The van der Waals surface area contributed by atoms with Crippen molar-refractivity contribution in [3.8, 4) is 0 Å². The van der Waals surface area contributed by atoms with E-state index in [-0.39, 0.29) is 23.5 Å². The van der Waals surface area contributed by atoms with Crippen LogP contribution in [-0.4, -0.2) is 43.3 Å². The first-order valence-electron chi connectivity index (χ1n) is 6.40. The van der Waals surface area contributed by atoms with Crippen molar-refractivity contribution >= 4 is 33.0 Å². The molecule has 1 fully saturated rings. The van der Waals surface area contributed by atoms with Gasteiger partial charge in [-0.05, 0) is 31.5 Å². The first kappa shape index (κ1) is 15.1. The Morgan fingerprint density at radius 1 is 1.50 bits per heavy atom. The van der Waals surface area contributed by atoms with Crippen molar-refractivity contribution in [3.05, 3.63) is 28.8 Å². The maximum atomic E-state index is 12.5. The minimum Gasteiger partial charge on any atom is -0.398 e. The third-order valence-electron chi connectivity index (χ3n) is 3.50. The normalized spacial score (nSPS) is 20.8. The number of sulfone groups is 1. The van der Waals surface area contributed by atoms with Gasteiger partial charge in [0.25, 0.3) is 5.91 Å². The molecule has 1 atom stereocenters. The Hall–Kier alpha value is -1.27. The molecule has 1 amide bonds. The third kappa shape index (κ3) is 3.07. The first-order chi connectivity index (χ1) is 9.34. The van der Waals surface area contributed by atoms with E-state index in [2.05, 4.69) is 0 Å². The summed E-state index contributed by atoms with van der Waals surface area (Å²) in [4.78, 5) is 14.1. The molecule has 1 aliphatic rings. The van der Waals surface area contributed by atoms with Crippen molar-refractivity contribution in [3.63, 3.8) is 0 Å². The number of carbonyl (C=O) groups excluding carboxylic acids is 1. The Bertz CT molecular complexity index is 631. The van der Waals surface area contributed by atoms with Gasteiger partial charge in [0.05, 0.1) is 22.2 Å². The van der Waals surface area contributed by atoms with Crippen LogP contribution in [0, 0.1) is 0 Å². The van der Waals surface area contributed by atoms with Crippen molar-refractivity contribution < 1.29 is 13.2 Å². The smallest absolute Gasteiger partial charge is 0.254 e. The van der Waals surface area contributed by atoms with Crippen molar-refractivity contribution in [2.24, 2.45) is 0 Å². The van der Waals surface area contributed by atoms with Crippen LogP contribution in [0.4, 0.5) is 5.69 Å². The molecule has 0 aromatic heterocycles. The quantitative estimate of drug-likeness (QED) is 0.858. The number of nitrogen functional groups attached to an aromatic ring is 1. The molecule has 0 spiro atoms. The van der Waals surface area contributed by atoms with E-state index in [1.54, 1.807) is 17.0 Å². The van der Waals surface area contributed by atoms with E-state index in [1.807, 2.05) is 6.92 Å². The molecule has 1 aromatic rings. The summed E-state index contributed by atoms with van der Waals surface area (Å²) in [5.41, 5.74) is 6.46. The van der Waals surface area contributed by atoms with E-state index in [1.165, 1.54) is 6.07 Å². The van der Waals surface area contributed by atoms with Gasteiger partial charge in [-0.25, -0.2) is 8.42 Å². The molecule has 0 aliphatic carbocycles. The Kier molecular flexibility index (Phi) is 4.25. The number of anilines is 1. The lowest BCUT2D eigenvalue weighted by atomic mass is 10.1. The van der Waals surface area contributed by atoms with Crippen LogP contribution < -0.4 is 5.73 Å². The standard InChI is InChI=1S/C13H17ClN2O3S/c1-2-16(10-5-6-20(18,19)8-10)13(17)9-3-4-12(15)11(14)7-9/h3-4,7,10H,2,5-6,8,15H2,1H3. The molecule has 110 valence electrons. The first-order valence-corrected chi connectivity index (χ1v) is 8.60. The van der Waals surface area contributed by atoms with Crippen LogP contribution >= 0.6 is 11.6 Å². The number of rotatable bonds is 3. The van der Waals surface area contributed by atoms with Crippen LogP contribution in [-0.2, 0) is 9.84 Å². The molecule has 1 aliphatic heterocycles. The molecule has 1 unspecified atom stereocenters. The summed E-state index contributed by atoms with van der Waals surface area (Å²) in [6.07, 6.45) is 0.491. The third-order valence-corrected chi connectivity index (χ3v) is 5.58. The number of hydrogen-bond acceptors (Lipinski definition) is 4. The summed E-state index contributed by atoms with van der Waals surface area (Å²) >= 11 is 5.92. The Labute approximate surface area is 123 Å². The number of benzene rings is 1. The van der Waals surface area contributed by atoms with Crippen LogP contribution in [0.3, 0.4) is 0 Å². The van der Waals surface area contributed by atoms with Gasteiger partial charge in [-0.15, -0.1) is 0 Å². The van der Waals surface area contributed by atoms with Crippen LogP contribution in [0.5, 0.6) is 0 Å². The van der Waals surface area contributed by atoms with Gasteiger partial charge in [0.2, 0.25) is 0 Å². The van der Waals surface area contributed by atoms with Gasteiger partial charge >= 0.3 is 0 Å². The summed E-state index contributed by atoms with van der Waals surface area (Å²) in [6, 6.07) is 4.45. The minimum absolute atomic E-state index is 0.0370. The molecule has 0 bridgehead atoms. The van der Waals surface area contributed by atoms with Gasteiger partial charge in [-0.1, -0.05) is 11.6 Å². The van der Waals surface area contributed by atoms with E-state index in [9.17, 15) is 13.2 Å². The number of hydrogen-bond donors (Lipinski definition) is 1. The number of amides is 1. The van der Waals surface area contributed by atoms with E-state index >= 15 is 0 Å². The second kappa shape index (κ2) is 5.61. The van der Waals surface area contributed by atoms with Crippen molar-refractivity contribution in [1.82, 2.24) is 4.90 Å². The molecule has 1 heterocycles. The Balaban J connectivity index is 2.23. The van der Waals surface area contributed by atoms with Gasteiger partial charge in [-0.3, -0.25) is 4.79 Å². The maximum Gasteiger partial charge on any atom is 0.254 e. The second-order valence-corrected chi connectivity index (χ2v) is 7.52. The molecule has 2 N–H and O–H groups in total. The van der Waals surface area contributed by atoms with Crippen LogP contribution in [0.25, 0.3) is 0 Å². The number of carbonyl (C=O) groups is 1. The second-order valence-electron chi connectivity index (χ2n) is 4.88. The predicted molar refractivity (Wildman–Crippen MR) is 79.6 cm³/mol. The molecule has 1 aromatic carbocycles. The summed E-state index contributed by atoms with van der Waals surface area (Å²) in [7, 11) is -3.02. The fraction of sp³-hybridized carbons (Fsp3) is 0.462. The monoisotopic (exact) mass is 316 g/mol. The van der Waals surface area contributed by atoms with Gasteiger partial charge in [0.15, 0.2) is 9.84 Å². The lowest BCUT2D eigenvalue weighted by Gasteiger charge is -2.27. The molecule has 1 saturated heterocycles. The van der Waals surface area contributed by atoms with E-state index < -0.39 is 9.84 Å². The van der Waals surface area contributed by atoms with Crippen molar-refractivity contribution in [1.29, 1.82) is 0 Å². The van der Waals surface area contributed by atoms with E-state index in [0.717, 1.165) is 0 Å². The molecular formula is C13H17ClN2O3S. The molecule has 0 saturated carbocycles. The fourth-order valence-corrected chi connectivity index (χ4v) is 4.33. The highest BCUT2D eigenvalue weighted by molar-refractivity contribution is 7.91. The highest BCUT2D eigenvalue weighted by Crippen LogP contribution is 2.23. The highest BCUT2D eigenvalue weighted by atomic mass is 35.5. The van der Waals surface area contributed by atoms with Gasteiger partial charge < -0.3 is 10.6 Å². The van der Waals surface area contributed by atoms with Crippen LogP contribution in [0.15, 0.2) is 18.2 Å². The van der Waals surface area contributed by atoms with E-state index in [4.69, 9.17) is 17.3 Å². The Morgan fingerprint density at radius 3 is 2.70 bits per heavy atom. The van der Waals surface area contributed by atoms with Crippen LogP contribution in [0.1, 0.15) is 23.7 Å². The van der Waals surface area contributed by atoms with Crippen molar-refractivity contribution in [2.75, 3.05) is 23.8 Å². The topological polar surface area (TPSA) is 80.5 Å². The maximum absolute atomic E-state index is 12.5. The molecule has 5 nitrogen and oxygen atoms in total. The molecule has 0 radical (unpaired) electrons. The lowest BCUT2D eigenvalue weighted by molar-refractivity contribution is 0.0708. The zero-order valence-corrected chi connectivity index (χ0v) is 12.7. The summed E-state index contributed by atoms with van der Waals surface area (Å²) in [5.74, 6) is -0.0318. The number of nitrogens with zero attached hydrogens (tertiary/aromatic N) is 1. The summed E-state index contributed by atoms with van der Waals surface area (Å²) in [6.45, 7) is 2.29. The van der Waals surface area contributed by atoms with Crippen molar-refractivity contribution in [2.45, 2.75) is 19.4 Å². The number of halogens is 1. The molecule has 20 heavy (non-hydrogen) atoms. The summed E-state index contributed by atoms with van der Waals surface area (Å²) in [5, 5.41) is 0.325. The Morgan fingerprint density at radius 2 is 2.20 bits per heavy atom. The van der Waals surface area contributed by atoms with E-state index in [0.29, 0.717) is 29.2 Å². The van der Waals surface area contributed by atoms with Gasteiger partial charge in [0, 0.05) is 18.2 Å². The SMILES string of the molecule is CCN(C(=O)c1ccc(N)c(Cl)c1)C1CCS(=O)(=O)C1. The molecule has 2 rings (SSSR count). The minimum atomic E-state index is -3.02. The fourth-order valence-electron chi connectivity index (χ4n) is 2.41. The summed E-state index contributed by atoms with van der Waals surface area (Å²) < 4.78 is 23.1. The van der Waals surface area contributed by atoms with Gasteiger partial charge in [-0.2, -0.15) is 0 Å². The lowest BCUT2D eigenvalue weighted by Crippen LogP contribution is -2.40. The predicted octanol–water partition coefficient (Wildman–Crippen LogP) is 1.57. The molecular weight excluding hydrogens is 300 g/mol. The zero-order valence-electron chi connectivity index (χ0n) is 11.2. The van der Waals surface area contributed by atoms with Gasteiger partial charge in [0.1, 0.15) is 0 Å². The average Bonchev–Trinajstić information content (AvgIpc) is 2.74. The number of nitrogens with two attached hydrogens (primary N) is 1. The average molecular weight is 317 g/mol. The van der Waals surface area contributed by atoms with Crippen LogP contribution in [0.2, 0.25) is 5.02 Å². The molecule has 7 heteroatoms.